The summed E-state index contributed by atoms with van der Waals surface area (Å²) >= 11 is 4.08. The third-order valence-electron chi connectivity index (χ3n) is 2.24. The van der Waals surface area contributed by atoms with E-state index in [0.29, 0.717) is 12.2 Å². The lowest BCUT2D eigenvalue weighted by Gasteiger charge is -2.08. The number of anilines is 1. The van der Waals surface area contributed by atoms with Crippen LogP contribution in [0.4, 0.5) is 10.1 Å². The Morgan fingerprint density at radius 3 is 2.94 bits per heavy atom. The highest BCUT2D eigenvalue weighted by atomic mass is 79.9. The zero-order chi connectivity index (χ0) is 13.1. The number of thiazole rings is 1. The summed E-state index contributed by atoms with van der Waals surface area (Å²) in [5.41, 5.74) is 1.19. The van der Waals surface area contributed by atoms with Gasteiger partial charge in [0.2, 0.25) is 0 Å². The van der Waals surface area contributed by atoms with Crippen molar-refractivity contribution < 1.29 is 4.39 Å². The van der Waals surface area contributed by atoms with Gasteiger partial charge in [-0.25, -0.2) is 4.39 Å². The van der Waals surface area contributed by atoms with Gasteiger partial charge in [0.05, 0.1) is 22.3 Å². The third-order valence-corrected chi connectivity index (χ3v) is 3.74. The van der Waals surface area contributed by atoms with Gasteiger partial charge in [-0.05, 0) is 28.1 Å². The Kier molecular flexibility index (Phi) is 3.79. The van der Waals surface area contributed by atoms with Crippen molar-refractivity contribution in [3.05, 3.63) is 48.7 Å². The molecule has 18 heavy (non-hydrogen) atoms. The Labute approximate surface area is 114 Å². The van der Waals surface area contributed by atoms with Crippen LogP contribution in [0.3, 0.4) is 0 Å². The van der Waals surface area contributed by atoms with Gasteiger partial charge in [0, 0.05) is 11.1 Å². The maximum Gasteiger partial charge on any atom is 0.304 e. The van der Waals surface area contributed by atoms with E-state index in [1.807, 2.05) is 6.07 Å². The fraction of sp³-hybridized carbons (Fsp3) is 0.0909. The lowest BCUT2D eigenvalue weighted by Crippen LogP contribution is -2.04. The fourth-order valence-electron chi connectivity index (χ4n) is 1.36. The summed E-state index contributed by atoms with van der Waals surface area (Å²) in [5, 5.41) is 13.3. The highest BCUT2D eigenvalue weighted by Crippen LogP contribution is 2.26. The number of benzene rings is 1. The zero-order valence-corrected chi connectivity index (χ0v) is 11.4. The number of aromatic nitrogens is 1. The Bertz CT molecular complexity index is 674. The van der Waals surface area contributed by atoms with Crippen LogP contribution in [0.1, 0.15) is 11.3 Å². The summed E-state index contributed by atoms with van der Waals surface area (Å²) in [6, 6.07) is 4.89. The minimum atomic E-state index is -0.522. The van der Waals surface area contributed by atoms with Crippen LogP contribution in [0, 0.1) is 17.1 Å². The van der Waals surface area contributed by atoms with Crippen LogP contribution < -0.4 is 10.2 Å². The molecule has 0 bridgehead atoms. The monoisotopic (exact) mass is 327 g/mol. The molecule has 92 valence electrons. The summed E-state index contributed by atoms with van der Waals surface area (Å²) in [7, 11) is 0. The molecular formula is C11H7BrFN3OS. The van der Waals surface area contributed by atoms with Gasteiger partial charge < -0.3 is 10.3 Å². The standard InChI is InChI=1S/C11H7BrFN3OS/c12-9-6(3-14)1-2-8(10(9)13)15-4-7-5-18-11(17)16-7/h1-2,5,15H,4H2,(H,16,17). The van der Waals surface area contributed by atoms with E-state index in [4.69, 9.17) is 5.26 Å². The minimum absolute atomic E-state index is 0.133. The van der Waals surface area contributed by atoms with E-state index in [1.165, 1.54) is 12.1 Å². The van der Waals surface area contributed by atoms with Crippen molar-refractivity contribution in [2.24, 2.45) is 0 Å². The van der Waals surface area contributed by atoms with Crippen molar-refractivity contribution in [3.63, 3.8) is 0 Å². The van der Waals surface area contributed by atoms with Crippen molar-refractivity contribution in [1.82, 2.24) is 4.98 Å². The molecule has 0 unspecified atom stereocenters. The summed E-state index contributed by atoms with van der Waals surface area (Å²) in [4.78, 5) is 13.4. The quantitative estimate of drug-likeness (QED) is 0.910. The maximum atomic E-state index is 13.8. The van der Waals surface area contributed by atoms with E-state index in [9.17, 15) is 9.18 Å². The second-order valence-electron chi connectivity index (χ2n) is 3.43. The van der Waals surface area contributed by atoms with Crippen LogP contribution >= 0.6 is 27.3 Å². The van der Waals surface area contributed by atoms with Gasteiger partial charge in [-0.15, -0.1) is 0 Å². The molecule has 0 radical (unpaired) electrons. The van der Waals surface area contributed by atoms with Crippen molar-refractivity contribution in [3.8, 4) is 6.07 Å². The second kappa shape index (κ2) is 5.33. The Morgan fingerprint density at radius 2 is 2.33 bits per heavy atom. The lowest BCUT2D eigenvalue weighted by atomic mass is 10.2. The van der Waals surface area contributed by atoms with Crippen LogP contribution in [-0.2, 0) is 6.54 Å². The summed E-state index contributed by atoms with van der Waals surface area (Å²) in [6.07, 6.45) is 0. The van der Waals surface area contributed by atoms with E-state index < -0.39 is 5.82 Å². The molecule has 0 spiro atoms. The predicted molar refractivity (Wildman–Crippen MR) is 71.1 cm³/mol. The number of halogens is 2. The highest BCUT2D eigenvalue weighted by Gasteiger charge is 2.10. The van der Waals surface area contributed by atoms with Gasteiger partial charge in [0.25, 0.3) is 0 Å². The molecule has 0 aliphatic carbocycles. The average Bonchev–Trinajstić information content (AvgIpc) is 2.77. The minimum Gasteiger partial charge on any atom is -0.377 e. The van der Waals surface area contributed by atoms with Crippen LogP contribution in [0.15, 0.2) is 26.8 Å². The van der Waals surface area contributed by atoms with Crippen molar-refractivity contribution >= 4 is 33.0 Å². The summed E-state index contributed by atoms with van der Waals surface area (Å²) < 4.78 is 14.0. The number of rotatable bonds is 3. The Hall–Kier alpha value is -1.65. The number of nitrogens with one attached hydrogen (secondary N) is 2. The first-order valence-electron chi connectivity index (χ1n) is 4.90. The van der Waals surface area contributed by atoms with Gasteiger partial charge in [-0.3, -0.25) is 4.79 Å². The number of nitrogens with zero attached hydrogens (tertiary/aromatic N) is 1. The van der Waals surface area contributed by atoms with Gasteiger partial charge in [-0.2, -0.15) is 5.26 Å². The molecule has 0 aliphatic heterocycles. The first kappa shape index (κ1) is 12.8. The molecule has 1 aromatic carbocycles. The third kappa shape index (κ3) is 2.60. The van der Waals surface area contributed by atoms with Crippen LogP contribution in [0.25, 0.3) is 0 Å². The molecule has 0 fully saturated rings. The number of aromatic amines is 1. The topological polar surface area (TPSA) is 68.7 Å². The van der Waals surface area contributed by atoms with E-state index in [2.05, 4.69) is 26.2 Å². The predicted octanol–water partition coefficient (Wildman–Crippen LogP) is 2.82. The SMILES string of the molecule is N#Cc1ccc(NCc2csc(=O)[nH]2)c(F)c1Br. The molecule has 2 rings (SSSR count). The van der Waals surface area contributed by atoms with E-state index in [1.54, 1.807) is 5.38 Å². The van der Waals surface area contributed by atoms with E-state index >= 15 is 0 Å². The Balaban J connectivity index is 2.18. The molecule has 4 nitrogen and oxygen atoms in total. The maximum absolute atomic E-state index is 13.8. The number of hydrogen-bond acceptors (Lipinski definition) is 4. The lowest BCUT2D eigenvalue weighted by molar-refractivity contribution is 0.623. The van der Waals surface area contributed by atoms with Crippen LogP contribution in [-0.4, -0.2) is 4.98 Å². The van der Waals surface area contributed by atoms with Gasteiger partial charge >= 0.3 is 4.87 Å². The molecule has 0 saturated carbocycles. The zero-order valence-electron chi connectivity index (χ0n) is 8.96. The van der Waals surface area contributed by atoms with Crippen molar-refractivity contribution in [1.29, 1.82) is 5.26 Å². The molecule has 2 aromatic rings. The molecule has 1 aromatic heterocycles. The molecule has 7 heteroatoms. The summed E-state index contributed by atoms with van der Waals surface area (Å²) in [5.74, 6) is -0.522. The molecule has 0 aliphatic rings. The van der Waals surface area contributed by atoms with Crippen molar-refractivity contribution in [2.75, 3.05) is 5.32 Å². The first-order chi connectivity index (χ1) is 8.61. The van der Waals surface area contributed by atoms with Gasteiger partial charge in [0.15, 0.2) is 5.82 Å². The van der Waals surface area contributed by atoms with Crippen LogP contribution in [0.5, 0.6) is 0 Å². The molecule has 0 amide bonds. The van der Waals surface area contributed by atoms with E-state index in [-0.39, 0.29) is 20.6 Å². The first-order valence-corrected chi connectivity index (χ1v) is 6.57. The highest BCUT2D eigenvalue weighted by molar-refractivity contribution is 9.10. The number of hydrogen-bond donors (Lipinski definition) is 2. The normalized spacial score (nSPS) is 10.1. The summed E-state index contributed by atoms with van der Waals surface area (Å²) in [6.45, 7) is 0.313. The largest absolute Gasteiger partial charge is 0.377 e. The fourth-order valence-corrected chi connectivity index (χ4v) is 2.38. The molecular weight excluding hydrogens is 321 g/mol. The van der Waals surface area contributed by atoms with Gasteiger partial charge in [-0.1, -0.05) is 11.3 Å². The molecule has 0 saturated heterocycles. The molecule has 2 N–H and O–H groups in total. The van der Waals surface area contributed by atoms with Crippen molar-refractivity contribution in [2.45, 2.75) is 6.54 Å². The smallest absolute Gasteiger partial charge is 0.304 e. The number of nitriles is 1. The van der Waals surface area contributed by atoms with E-state index in [0.717, 1.165) is 11.3 Å². The molecule has 0 atom stereocenters. The number of H-pyrrole nitrogens is 1. The average molecular weight is 328 g/mol. The van der Waals surface area contributed by atoms with Crippen LogP contribution in [0.2, 0.25) is 0 Å². The second-order valence-corrected chi connectivity index (χ2v) is 5.06. The Morgan fingerprint density at radius 1 is 1.56 bits per heavy atom. The molecule has 1 heterocycles. The van der Waals surface area contributed by atoms with Gasteiger partial charge in [0.1, 0.15) is 6.07 Å².